The molecule has 1 aromatic carbocycles. The second-order valence-electron chi connectivity index (χ2n) is 5.99. The summed E-state index contributed by atoms with van der Waals surface area (Å²) in [6.45, 7) is 4.59. The number of benzene rings is 1. The minimum absolute atomic E-state index is 0.645. The first kappa shape index (κ1) is 15.2. The molecule has 2 aliphatic rings. The molecule has 0 N–H and O–H groups in total. The van der Waals surface area contributed by atoms with E-state index in [2.05, 4.69) is 11.0 Å². The van der Waals surface area contributed by atoms with E-state index in [1.165, 1.54) is 32.1 Å². The van der Waals surface area contributed by atoms with E-state index in [1.54, 1.807) is 7.11 Å². The van der Waals surface area contributed by atoms with Crippen molar-refractivity contribution in [3.8, 4) is 11.5 Å². The van der Waals surface area contributed by atoms with E-state index in [0.717, 1.165) is 36.0 Å². The Balaban J connectivity index is 1.88. The molecule has 0 bridgehead atoms. The van der Waals surface area contributed by atoms with Crippen molar-refractivity contribution in [2.75, 3.05) is 26.8 Å². The van der Waals surface area contributed by atoms with Crippen LogP contribution in [0.1, 0.15) is 44.6 Å². The summed E-state index contributed by atoms with van der Waals surface area (Å²) in [5, 5.41) is 0. The quantitative estimate of drug-likeness (QED) is 0.835. The normalized spacial score (nSPS) is 19.2. The summed E-state index contributed by atoms with van der Waals surface area (Å²) in [4.78, 5) is 7.29. The first-order chi connectivity index (χ1) is 10.8. The Morgan fingerprint density at radius 2 is 2.05 bits per heavy atom. The number of hydrogen-bond acceptors (Lipinski definition) is 4. The topological polar surface area (TPSA) is 34.1 Å². The van der Waals surface area contributed by atoms with Crippen molar-refractivity contribution in [1.29, 1.82) is 0 Å². The third-order valence-corrected chi connectivity index (χ3v) is 4.62. The molecule has 0 aromatic heterocycles. The monoisotopic (exact) mass is 302 g/mol. The third kappa shape index (κ3) is 3.06. The van der Waals surface area contributed by atoms with Gasteiger partial charge in [0.2, 0.25) is 0 Å². The summed E-state index contributed by atoms with van der Waals surface area (Å²) in [6.07, 6.45) is 6.65. The van der Waals surface area contributed by atoms with Crippen LogP contribution in [0.3, 0.4) is 0 Å². The number of rotatable bonds is 5. The van der Waals surface area contributed by atoms with Crippen LogP contribution in [0.15, 0.2) is 23.2 Å². The van der Waals surface area contributed by atoms with E-state index in [-0.39, 0.29) is 0 Å². The summed E-state index contributed by atoms with van der Waals surface area (Å²) in [5.41, 5.74) is 1.10. The summed E-state index contributed by atoms with van der Waals surface area (Å²) in [5.74, 6) is 2.82. The molecule has 1 aliphatic carbocycles. The van der Waals surface area contributed by atoms with E-state index in [1.807, 2.05) is 19.1 Å². The molecule has 4 heteroatoms. The Morgan fingerprint density at radius 3 is 2.77 bits per heavy atom. The Morgan fingerprint density at radius 1 is 1.23 bits per heavy atom. The maximum atomic E-state index is 5.84. The van der Waals surface area contributed by atoms with Crippen molar-refractivity contribution in [1.82, 2.24) is 4.90 Å². The minimum Gasteiger partial charge on any atom is -0.497 e. The summed E-state index contributed by atoms with van der Waals surface area (Å²) in [6, 6.07) is 6.70. The molecule has 1 aliphatic heterocycles. The lowest BCUT2D eigenvalue weighted by molar-refractivity contribution is 0.259. The van der Waals surface area contributed by atoms with Gasteiger partial charge in [-0.05, 0) is 31.9 Å². The van der Waals surface area contributed by atoms with E-state index in [9.17, 15) is 0 Å². The molecule has 0 unspecified atom stereocenters. The van der Waals surface area contributed by atoms with Gasteiger partial charge in [-0.3, -0.25) is 4.99 Å². The van der Waals surface area contributed by atoms with E-state index in [0.29, 0.717) is 12.6 Å². The average molecular weight is 302 g/mol. The van der Waals surface area contributed by atoms with E-state index < -0.39 is 0 Å². The van der Waals surface area contributed by atoms with E-state index in [4.69, 9.17) is 14.5 Å². The van der Waals surface area contributed by atoms with Gasteiger partial charge in [-0.15, -0.1) is 0 Å². The molecule has 4 nitrogen and oxygen atoms in total. The van der Waals surface area contributed by atoms with Gasteiger partial charge in [0.1, 0.15) is 17.3 Å². The van der Waals surface area contributed by atoms with Gasteiger partial charge in [0.25, 0.3) is 0 Å². The zero-order chi connectivity index (χ0) is 15.4. The Kier molecular flexibility index (Phi) is 4.86. The Bertz CT molecular complexity index is 536. The highest BCUT2D eigenvalue weighted by atomic mass is 16.5. The molecule has 0 spiro atoms. The van der Waals surface area contributed by atoms with Crippen LogP contribution in [-0.2, 0) is 0 Å². The highest BCUT2D eigenvalue weighted by Gasteiger charge is 2.29. The number of aliphatic imine (C=N–C) groups is 1. The van der Waals surface area contributed by atoms with Crippen molar-refractivity contribution in [2.24, 2.45) is 4.99 Å². The molecule has 0 atom stereocenters. The van der Waals surface area contributed by atoms with Gasteiger partial charge in [0.05, 0.1) is 25.8 Å². The van der Waals surface area contributed by atoms with Gasteiger partial charge in [0, 0.05) is 18.7 Å². The summed E-state index contributed by atoms with van der Waals surface area (Å²) < 4.78 is 11.2. The standard InChI is InChI=1S/C18H26N2O2/c1-3-22-17-13-15(21-2)9-10-16(17)18-19-11-12-20(18)14-7-5-4-6-8-14/h9-10,13-14H,3-8,11-12H2,1-2H3. The van der Waals surface area contributed by atoms with Gasteiger partial charge >= 0.3 is 0 Å². The molecular formula is C18H26N2O2. The zero-order valence-corrected chi connectivity index (χ0v) is 13.7. The van der Waals surface area contributed by atoms with E-state index >= 15 is 0 Å². The lowest BCUT2D eigenvalue weighted by atomic mass is 9.93. The molecule has 0 radical (unpaired) electrons. The van der Waals surface area contributed by atoms with Crippen molar-refractivity contribution in [3.63, 3.8) is 0 Å². The van der Waals surface area contributed by atoms with Gasteiger partial charge in [-0.25, -0.2) is 0 Å². The molecule has 1 fully saturated rings. The third-order valence-electron chi connectivity index (χ3n) is 4.62. The predicted octanol–water partition coefficient (Wildman–Crippen LogP) is 3.49. The molecule has 0 amide bonds. The minimum atomic E-state index is 0.645. The fourth-order valence-electron chi connectivity index (χ4n) is 3.54. The van der Waals surface area contributed by atoms with Crippen molar-refractivity contribution < 1.29 is 9.47 Å². The fourth-order valence-corrected chi connectivity index (χ4v) is 3.54. The largest absolute Gasteiger partial charge is 0.497 e. The fraction of sp³-hybridized carbons (Fsp3) is 0.611. The highest BCUT2D eigenvalue weighted by Crippen LogP contribution is 2.31. The Labute approximate surface area is 133 Å². The smallest absolute Gasteiger partial charge is 0.135 e. The van der Waals surface area contributed by atoms with Crippen LogP contribution < -0.4 is 9.47 Å². The van der Waals surface area contributed by atoms with Gasteiger partial charge in [-0.1, -0.05) is 19.3 Å². The van der Waals surface area contributed by atoms with Gasteiger partial charge < -0.3 is 14.4 Å². The first-order valence-electron chi connectivity index (χ1n) is 8.45. The number of methoxy groups -OCH3 is 1. The van der Waals surface area contributed by atoms with Crippen molar-refractivity contribution in [3.05, 3.63) is 23.8 Å². The van der Waals surface area contributed by atoms with Gasteiger partial charge in [0.15, 0.2) is 0 Å². The second kappa shape index (κ2) is 7.03. The maximum absolute atomic E-state index is 5.84. The predicted molar refractivity (Wildman–Crippen MR) is 89.1 cm³/mol. The zero-order valence-electron chi connectivity index (χ0n) is 13.7. The van der Waals surface area contributed by atoms with Crippen molar-refractivity contribution in [2.45, 2.75) is 45.1 Å². The van der Waals surface area contributed by atoms with Crippen molar-refractivity contribution >= 4 is 5.84 Å². The van der Waals surface area contributed by atoms with Gasteiger partial charge in [-0.2, -0.15) is 0 Å². The molecule has 22 heavy (non-hydrogen) atoms. The number of hydrogen-bond donors (Lipinski definition) is 0. The molecule has 1 heterocycles. The lowest BCUT2D eigenvalue weighted by Gasteiger charge is -2.33. The van der Waals surface area contributed by atoms with Crippen LogP contribution in [0.5, 0.6) is 11.5 Å². The van der Waals surface area contributed by atoms with Crippen LogP contribution in [0.4, 0.5) is 0 Å². The molecular weight excluding hydrogens is 276 g/mol. The summed E-state index contributed by atoms with van der Waals surface area (Å²) >= 11 is 0. The van der Waals surface area contributed by atoms with Crippen LogP contribution in [-0.4, -0.2) is 43.6 Å². The number of amidine groups is 1. The molecule has 1 saturated carbocycles. The molecule has 3 rings (SSSR count). The molecule has 0 saturated heterocycles. The lowest BCUT2D eigenvalue weighted by Crippen LogP contribution is -2.39. The SMILES string of the molecule is CCOc1cc(OC)ccc1C1=NCCN1C1CCCCC1. The van der Waals surface area contributed by atoms with Crippen LogP contribution >= 0.6 is 0 Å². The van der Waals surface area contributed by atoms with Crippen LogP contribution in [0.25, 0.3) is 0 Å². The summed E-state index contributed by atoms with van der Waals surface area (Å²) in [7, 11) is 1.69. The number of ether oxygens (including phenoxy) is 2. The second-order valence-corrected chi connectivity index (χ2v) is 5.99. The van der Waals surface area contributed by atoms with Crippen LogP contribution in [0, 0.1) is 0 Å². The Hall–Kier alpha value is -1.71. The number of nitrogens with zero attached hydrogens (tertiary/aromatic N) is 2. The highest BCUT2D eigenvalue weighted by molar-refractivity contribution is 6.02. The van der Waals surface area contributed by atoms with Crippen LogP contribution in [0.2, 0.25) is 0 Å². The first-order valence-corrected chi connectivity index (χ1v) is 8.45. The molecule has 120 valence electrons. The average Bonchev–Trinajstić information content (AvgIpc) is 3.05. The molecule has 1 aromatic rings. The maximum Gasteiger partial charge on any atom is 0.135 e.